The molecule has 0 unspecified atom stereocenters. The van der Waals surface area contributed by atoms with Crippen LogP contribution in [0.5, 0.6) is 0 Å². The average molecular weight is 314 g/mol. The summed E-state index contributed by atoms with van der Waals surface area (Å²) >= 11 is 0. The van der Waals surface area contributed by atoms with Crippen LogP contribution >= 0.6 is 0 Å². The number of aromatic nitrogens is 4. The molecule has 0 aliphatic carbocycles. The summed E-state index contributed by atoms with van der Waals surface area (Å²) in [4.78, 5) is 22.9. The summed E-state index contributed by atoms with van der Waals surface area (Å²) < 4.78 is 1.94. The Morgan fingerprint density at radius 2 is 2.13 bits per heavy atom. The van der Waals surface area contributed by atoms with Crippen LogP contribution in [0.1, 0.15) is 26.2 Å². The lowest BCUT2D eigenvalue weighted by atomic mass is 9.99. The molecule has 1 N–H and O–H groups in total. The van der Waals surface area contributed by atoms with Crippen LogP contribution in [0.25, 0.3) is 0 Å². The van der Waals surface area contributed by atoms with Gasteiger partial charge in [0.05, 0.1) is 12.6 Å². The normalized spacial score (nSPS) is 20.1. The Labute approximate surface area is 135 Å². The standard InChI is InChI=1S/C16H22N6O/c1-13(15(23)20-16-17-7-4-8-18-16)22-11-3-2-6-14(22)12-21-10-5-9-19-21/h4-5,7-10,13-14H,2-3,6,11-12H2,1H3,(H,17,18,20,23)/t13-,14-/m1/s1. The molecule has 1 fully saturated rings. The van der Waals surface area contributed by atoms with E-state index in [0.29, 0.717) is 12.0 Å². The van der Waals surface area contributed by atoms with Gasteiger partial charge in [0.15, 0.2) is 0 Å². The summed E-state index contributed by atoms with van der Waals surface area (Å²) in [5.41, 5.74) is 0. The molecular weight excluding hydrogens is 292 g/mol. The predicted molar refractivity (Wildman–Crippen MR) is 86.7 cm³/mol. The van der Waals surface area contributed by atoms with E-state index in [9.17, 15) is 4.79 Å². The molecule has 0 spiro atoms. The summed E-state index contributed by atoms with van der Waals surface area (Å²) in [6.07, 6.45) is 10.4. The fraction of sp³-hybridized carbons (Fsp3) is 0.500. The Hall–Kier alpha value is -2.28. The molecule has 0 aromatic carbocycles. The second-order valence-electron chi connectivity index (χ2n) is 5.85. The molecule has 0 saturated carbocycles. The van der Waals surface area contributed by atoms with Crippen LogP contribution in [-0.2, 0) is 11.3 Å². The maximum absolute atomic E-state index is 12.5. The van der Waals surface area contributed by atoms with Crippen molar-refractivity contribution in [1.82, 2.24) is 24.6 Å². The Morgan fingerprint density at radius 1 is 1.30 bits per heavy atom. The van der Waals surface area contributed by atoms with Gasteiger partial charge in [-0.15, -0.1) is 0 Å². The Bertz CT molecular complexity index is 615. The number of carbonyl (C=O) groups is 1. The molecule has 23 heavy (non-hydrogen) atoms. The first kappa shape index (κ1) is 15.6. The summed E-state index contributed by atoms with van der Waals surface area (Å²) in [6.45, 7) is 3.68. The number of amides is 1. The van der Waals surface area contributed by atoms with Crippen molar-refractivity contribution in [2.24, 2.45) is 0 Å². The first-order valence-corrected chi connectivity index (χ1v) is 8.05. The van der Waals surface area contributed by atoms with E-state index in [-0.39, 0.29) is 11.9 Å². The minimum Gasteiger partial charge on any atom is -0.293 e. The molecule has 2 aromatic heterocycles. The van der Waals surface area contributed by atoms with E-state index in [2.05, 4.69) is 25.3 Å². The van der Waals surface area contributed by atoms with Gasteiger partial charge in [-0.05, 0) is 38.4 Å². The number of nitrogens with zero attached hydrogens (tertiary/aromatic N) is 5. The summed E-state index contributed by atoms with van der Waals surface area (Å²) in [7, 11) is 0. The largest absolute Gasteiger partial charge is 0.293 e. The quantitative estimate of drug-likeness (QED) is 0.906. The fourth-order valence-electron chi connectivity index (χ4n) is 3.08. The molecule has 3 heterocycles. The van der Waals surface area contributed by atoms with Gasteiger partial charge in [0.2, 0.25) is 11.9 Å². The zero-order chi connectivity index (χ0) is 16.1. The first-order chi connectivity index (χ1) is 11.2. The third kappa shape index (κ3) is 3.92. The molecule has 1 saturated heterocycles. The lowest BCUT2D eigenvalue weighted by Gasteiger charge is -2.39. The van der Waals surface area contributed by atoms with E-state index in [1.165, 1.54) is 6.42 Å². The lowest BCUT2D eigenvalue weighted by Crippen LogP contribution is -2.51. The van der Waals surface area contributed by atoms with Gasteiger partial charge < -0.3 is 0 Å². The van der Waals surface area contributed by atoms with Gasteiger partial charge in [0.25, 0.3) is 0 Å². The maximum Gasteiger partial charge on any atom is 0.243 e. The zero-order valence-electron chi connectivity index (χ0n) is 13.3. The van der Waals surface area contributed by atoms with Gasteiger partial charge in [-0.3, -0.25) is 19.7 Å². The van der Waals surface area contributed by atoms with E-state index in [1.54, 1.807) is 24.7 Å². The smallest absolute Gasteiger partial charge is 0.243 e. The number of anilines is 1. The van der Waals surface area contributed by atoms with Crippen LogP contribution in [-0.4, -0.2) is 49.2 Å². The molecule has 0 radical (unpaired) electrons. The van der Waals surface area contributed by atoms with Crippen molar-refractivity contribution in [3.63, 3.8) is 0 Å². The van der Waals surface area contributed by atoms with Gasteiger partial charge >= 0.3 is 0 Å². The van der Waals surface area contributed by atoms with E-state index in [4.69, 9.17) is 0 Å². The van der Waals surface area contributed by atoms with Crippen LogP contribution in [0.3, 0.4) is 0 Å². The van der Waals surface area contributed by atoms with Crippen LogP contribution in [0.4, 0.5) is 5.95 Å². The van der Waals surface area contributed by atoms with Crippen LogP contribution < -0.4 is 5.32 Å². The number of piperidine rings is 1. The lowest BCUT2D eigenvalue weighted by molar-refractivity contribution is -0.122. The molecule has 7 heteroatoms. The van der Waals surface area contributed by atoms with E-state index in [0.717, 1.165) is 25.9 Å². The molecule has 0 bridgehead atoms. The molecule has 1 aliphatic heterocycles. The van der Waals surface area contributed by atoms with Crippen LogP contribution in [0.15, 0.2) is 36.9 Å². The van der Waals surface area contributed by atoms with Gasteiger partial charge in [-0.25, -0.2) is 9.97 Å². The molecule has 1 amide bonds. The Morgan fingerprint density at radius 3 is 2.87 bits per heavy atom. The van der Waals surface area contributed by atoms with Crippen molar-refractivity contribution >= 4 is 11.9 Å². The number of rotatable bonds is 5. The van der Waals surface area contributed by atoms with Crippen molar-refractivity contribution in [2.75, 3.05) is 11.9 Å². The fourth-order valence-corrected chi connectivity index (χ4v) is 3.08. The van der Waals surface area contributed by atoms with Crippen molar-refractivity contribution in [3.8, 4) is 0 Å². The predicted octanol–water partition coefficient (Wildman–Crippen LogP) is 1.55. The molecule has 7 nitrogen and oxygen atoms in total. The Kier molecular flexibility index (Phi) is 4.97. The van der Waals surface area contributed by atoms with E-state index in [1.807, 2.05) is 23.9 Å². The molecule has 1 aliphatic rings. The Balaban J connectivity index is 1.65. The van der Waals surface area contributed by atoms with Gasteiger partial charge in [-0.1, -0.05) is 6.42 Å². The van der Waals surface area contributed by atoms with Crippen LogP contribution in [0.2, 0.25) is 0 Å². The highest BCUT2D eigenvalue weighted by atomic mass is 16.2. The first-order valence-electron chi connectivity index (χ1n) is 8.05. The highest BCUT2D eigenvalue weighted by Gasteiger charge is 2.30. The third-order valence-electron chi connectivity index (χ3n) is 4.31. The van der Waals surface area contributed by atoms with E-state index < -0.39 is 0 Å². The van der Waals surface area contributed by atoms with Crippen molar-refractivity contribution in [3.05, 3.63) is 36.9 Å². The number of carbonyl (C=O) groups excluding carboxylic acids is 1. The summed E-state index contributed by atoms with van der Waals surface area (Å²) in [6, 6.07) is 3.75. The molecule has 2 aromatic rings. The number of likely N-dealkylation sites (tertiary alicyclic amines) is 1. The minimum absolute atomic E-state index is 0.0661. The molecular formula is C16H22N6O. The third-order valence-corrected chi connectivity index (χ3v) is 4.31. The van der Waals surface area contributed by atoms with E-state index >= 15 is 0 Å². The topological polar surface area (TPSA) is 75.9 Å². The molecule has 122 valence electrons. The maximum atomic E-state index is 12.5. The molecule has 3 rings (SSSR count). The molecule has 2 atom stereocenters. The van der Waals surface area contributed by atoms with Gasteiger partial charge in [0.1, 0.15) is 0 Å². The van der Waals surface area contributed by atoms with Crippen molar-refractivity contribution in [1.29, 1.82) is 0 Å². The number of hydrogen-bond donors (Lipinski definition) is 1. The average Bonchev–Trinajstić information content (AvgIpc) is 3.09. The van der Waals surface area contributed by atoms with Crippen molar-refractivity contribution < 1.29 is 4.79 Å². The van der Waals surface area contributed by atoms with Crippen LogP contribution in [0, 0.1) is 0 Å². The summed E-state index contributed by atoms with van der Waals surface area (Å²) in [5.74, 6) is 0.286. The second-order valence-corrected chi connectivity index (χ2v) is 5.85. The number of hydrogen-bond acceptors (Lipinski definition) is 5. The van der Waals surface area contributed by atoms with Gasteiger partial charge in [-0.2, -0.15) is 5.10 Å². The SMILES string of the molecule is C[C@H](C(=O)Nc1ncccn1)N1CCCC[C@@H]1Cn1cccn1. The number of nitrogens with one attached hydrogen (secondary N) is 1. The minimum atomic E-state index is -0.223. The monoisotopic (exact) mass is 314 g/mol. The highest BCUT2D eigenvalue weighted by Crippen LogP contribution is 2.21. The second kappa shape index (κ2) is 7.32. The van der Waals surface area contributed by atoms with Crippen molar-refractivity contribution in [2.45, 2.75) is 44.8 Å². The van der Waals surface area contributed by atoms with Gasteiger partial charge in [0, 0.05) is 30.8 Å². The highest BCUT2D eigenvalue weighted by molar-refractivity contribution is 5.93. The summed E-state index contributed by atoms with van der Waals surface area (Å²) in [5, 5.41) is 7.08. The zero-order valence-corrected chi connectivity index (χ0v) is 13.3.